The molecule has 0 aliphatic carbocycles. The Kier molecular flexibility index (Phi) is 4.11. The van der Waals surface area contributed by atoms with Gasteiger partial charge < -0.3 is 0 Å². The fourth-order valence-electron chi connectivity index (χ4n) is 0.662. The molecule has 3 heteroatoms. The monoisotopic (exact) mass is 159 g/mol. The summed E-state index contributed by atoms with van der Waals surface area (Å²) in [4.78, 5) is 16.1. The minimum atomic E-state index is 0.0277. The second-order valence-electron chi connectivity index (χ2n) is 3.05. The summed E-state index contributed by atoms with van der Waals surface area (Å²) in [6, 6.07) is 0. The van der Waals surface area contributed by atoms with E-state index in [1.54, 1.807) is 7.05 Å². The molecule has 0 heterocycles. The third-order valence-corrected chi connectivity index (χ3v) is 1.97. The topological polar surface area (TPSA) is 29.5 Å². The summed E-state index contributed by atoms with van der Waals surface area (Å²) < 4.78 is 0. The molecule has 0 spiro atoms. The number of carbonyl (C=O) groups excluding carboxylic acids is 1. The zero-order valence-electron chi connectivity index (χ0n) is 7.92. The molecule has 0 radical (unpaired) electrons. The second-order valence-corrected chi connectivity index (χ2v) is 3.05. The van der Waals surface area contributed by atoms with E-state index < -0.39 is 0 Å². The fourth-order valence-corrected chi connectivity index (χ4v) is 0.662. The van der Waals surface area contributed by atoms with Gasteiger partial charge in [-0.15, -0.1) is 0 Å². The summed E-state index contributed by atoms with van der Waals surface area (Å²) in [5.74, 6) is 0.419. The lowest BCUT2D eigenvalue weighted by Crippen LogP contribution is -2.32. The van der Waals surface area contributed by atoms with Gasteiger partial charge in [-0.1, -0.05) is 20.8 Å². The predicted octanol–water partition coefficient (Wildman–Crippen LogP) is 1.30. The fraction of sp³-hybridized carbons (Fsp3) is 0.875. The van der Waals surface area contributed by atoms with Crippen molar-refractivity contribution in [1.82, 2.24) is 5.06 Å². The summed E-state index contributed by atoms with van der Waals surface area (Å²) in [5.41, 5.74) is 0. The van der Waals surface area contributed by atoms with Crippen LogP contribution >= 0.6 is 0 Å². The van der Waals surface area contributed by atoms with Crippen LogP contribution in [-0.2, 0) is 9.63 Å². The molecule has 0 aliphatic rings. The van der Waals surface area contributed by atoms with E-state index in [-0.39, 0.29) is 11.8 Å². The Morgan fingerprint density at radius 1 is 1.36 bits per heavy atom. The first-order chi connectivity index (χ1) is 5.00. The van der Waals surface area contributed by atoms with Gasteiger partial charge in [0.2, 0.25) is 5.91 Å². The van der Waals surface area contributed by atoms with Gasteiger partial charge in [-0.05, 0) is 5.92 Å². The van der Waals surface area contributed by atoms with E-state index in [0.29, 0.717) is 5.92 Å². The Labute approximate surface area is 68.3 Å². The van der Waals surface area contributed by atoms with Crippen LogP contribution in [-0.4, -0.2) is 25.1 Å². The van der Waals surface area contributed by atoms with E-state index in [2.05, 4.69) is 0 Å². The van der Waals surface area contributed by atoms with Crippen molar-refractivity contribution in [3.63, 3.8) is 0 Å². The van der Waals surface area contributed by atoms with Crippen molar-refractivity contribution in [2.24, 2.45) is 11.8 Å². The van der Waals surface area contributed by atoms with Crippen LogP contribution in [0.3, 0.4) is 0 Å². The molecule has 11 heavy (non-hydrogen) atoms. The van der Waals surface area contributed by atoms with Crippen molar-refractivity contribution in [2.45, 2.75) is 20.8 Å². The van der Waals surface area contributed by atoms with Crippen LogP contribution in [0.15, 0.2) is 0 Å². The number of carbonyl (C=O) groups is 1. The third kappa shape index (κ3) is 2.89. The van der Waals surface area contributed by atoms with Crippen molar-refractivity contribution in [3.05, 3.63) is 0 Å². The van der Waals surface area contributed by atoms with E-state index in [9.17, 15) is 4.79 Å². The molecule has 0 N–H and O–H groups in total. The lowest BCUT2D eigenvalue weighted by molar-refractivity contribution is -0.174. The summed E-state index contributed by atoms with van der Waals surface area (Å²) in [6.07, 6.45) is 0. The lowest BCUT2D eigenvalue weighted by atomic mass is 9.97. The number of amides is 1. The molecule has 3 nitrogen and oxygen atoms in total. The molecule has 1 amide bonds. The molecule has 0 rings (SSSR count). The van der Waals surface area contributed by atoms with Crippen LogP contribution in [0.5, 0.6) is 0 Å². The number of hydroxylamine groups is 2. The van der Waals surface area contributed by atoms with Crippen LogP contribution in [0.4, 0.5) is 0 Å². The molecule has 0 aromatic carbocycles. The SMILES string of the molecule is CON(C)C(=O)[C@@H](C)C(C)C. The Balaban J connectivity index is 4.02. The number of rotatable bonds is 3. The van der Waals surface area contributed by atoms with E-state index in [4.69, 9.17) is 4.84 Å². The van der Waals surface area contributed by atoms with Crippen LogP contribution in [0.2, 0.25) is 0 Å². The molecular formula is C8H17NO2. The highest BCUT2D eigenvalue weighted by molar-refractivity contribution is 5.77. The summed E-state index contributed by atoms with van der Waals surface area (Å²) >= 11 is 0. The molecule has 0 aliphatic heterocycles. The molecule has 0 unspecified atom stereocenters. The predicted molar refractivity (Wildman–Crippen MR) is 43.8 cm³/mol. The van der Waals surface area contributed by atoms with Crippen LogP contribution in [0.1, 0.15) is 20.8 Å². The van der Waals surface area contributed by atoms with Gasteiger partial charge in [0.1, 0.15) is 0 Å². The van der Waals surface area contributed by atoms with Crippen LogP contribution in [0.25, 0.3) is 0 Å². The third-order valence-electron chi connectivity index (χ3n) is 1.97. The Bertz CT molecular complexity index is 134. The van der Waals surface area contributed by atoms with Gasteiger partial charge in [-0.3, -0.25) is 9.63 Å². The molecule has 0 saturated carbocycles. The largest absolute Gasteiger partial charge is 0.275 e. The molecular weight excluding hydrogens is 142 g/mol. The van der Waals surface area contributed by atoms with Gasteiger partial charge in [-0.2, -0.15) is 0 Å². The smallest absolute Gasteiger partial charge is 0.248 e. The van der Waals surface area contributed by atoms with E-state index in [0.717, 1.165) is 0 Å². The highest BCUT2D eigenvalue weighted by atomic mass is 16.7. The molecule has 1 atom stereocenters. The summed E-state index contributed by atoms with van der Waals surface area (Å²) in [7, 11) is 3.12. The zero-order chi connectivity index (χ0) is 9.02. The van der Waals surface area contributed by atoms with Gasteiger partial charge in [0, 0.05) is 13.0 Å². The van der Waals surface area contributed by atoms with E-state index in [1.807, 2.05) is 20.8 Å². The average Bonchev–Trinajstić information content (AvgIpc) is 2.00. The first-order valence-electron chi connectivity index (χ1n) is 3.82. The zero-order valence-corrected chi connectivity index (χ0v) is 7.92. The van der Waals surface area contributed by atoms with Gasteiger partial charge in [0.25, 0.3) is 0 Å². The van der Waals surface area contributed by atoms with Crippen LogP contribution < -0.4 is 0 Å². The maximum absolute atomic E-state index is 11.3. The van der Waals surface area contributed by atoms with E-state index >= 15 is 0 Å². The van der Waals surface area contributed by atoms with Gasteiger partial charge in [0.05, 0.1) is 7.11 Å². The first kappa shape index (κ1) is 10.4. The molecule has 0 saturated heterocycles. The minimum absolute atomic E-state index is 0.0277. The normalized spacial score (nSPS) is 13.3. The molecule has 0 bridgehead atoms. The molecule has 0 fully saturated rings. The quantitative estimate of drug-likeness (QED) is 0.581. The summed E-state index contributed by atoms with van der Waals surface area (Å²) in [5, 5.41) is 1.27. The number of nitrogens with zero attached hydrogens (tertiary/aromatic N) is 1. The minimum Gasteiger partial charge on any atom is -0.275 e. The Hall–Kier alpha value is -0.570. The number of hydrogen-bond donors (Lipinski definition) is 0. The maximum atomic E-state index is 11.3. The second kappa shape index (κ2) is 4.34. The molecule has 66 valence electrons. The Morgan fingerprint density at radius 2 is 1.82 bits per heavy atom. The molecule has 0 aromatic heterocycles. The molecule has 0 aromatic rings. The van der Waals surface area contributed by atoms with Crippen molar-refractivity contribution in [1.29, 1.82) is 0 Å². The van der Waals surface area contributed by atoms with Crippen molar-refractivity contribution in [2.75, 3.05) is 14.2 Å². The average molecular weight is 159 g/mol. The highest BCUT2D eigenvalue weighted by Crippen LogP contribution is 2.11. The summed E-state index contributed by atoms with van der Waals surface area (Å²) in [6.45, 7) is 5.95. The highest BCUT2D eigenvalue weighted by Gasteiger charge is 2.19. The van der Waals surface area contributed by atoms with Crippen molar-refractivity contribution >= 4 is 5.91 Å². The maximum Gasteiger partial charge on any atom is 0.248 e. The van der Waals surface area contributed by atoms with Gasteiger partial charge in [0.15, 0.2) is 0 Å². The van der Waals surface area contributed by atoms with Crippen LogP contribution in [0, 0.1) is 11.8 Å². The van der Waals surface area contributed by atoms with E-state index in [1.165, 1.54) is 12.2 Å². The van der Waals surface area contributed by atoms with Crippen molar-refractivity contribution in [3.8, 4) is 0 Å². The first-order valence-corrected chi connectivity index (χ1v) is 3.82. The van der Waals surface area contributed by atoms with Crippen molar-refractivity contribution < 1.29 is 9.63 Å². The van der Waals surface area contributed by atoms with Gasteiger partial charge in [-0.25, -0.2) is 5.06 Å². The standard InChI is InChI=1S/C8H17NO2/c1-6(2)7(3)8(10)9(4)11-5/h6-7H,1-5H3/t7-/m0/s1. The van der Waals surface area contributed by atoms with Gasteiger partial charge >= 0.3 is 0 Å². The lowest BCUT2D eigenvalue weighted by Gasteiger charge is -2.20. The Morgan fingerprint density at radius 3 is 2.09 bits per heavy atom. The number of hydrogen-bond acceptors (Lipinski definition) is 2.